The Morgan fingerprint density at radius 3 is 2.72 bits per heavy atom. The molecular formula is C22H33IN2O7. The molecule has 0 spiro atoms. The lowest BCUT2D eigenvalue weighted by atomic mass is 9.89. The van der Waals surface area contributed by atoms with Gasteiger partial charge in [-0.05, 0) is 72.7 Å². The highest BCUT2D eigenvalue weighted by Crippen LogP contribution is 2.36. The second-order valence-electron chi connectivity index (χ2n) is 7.33. The third kappa shape index (κ3) is 7.56. The molecule has 3 unspecified atom stereocenters. The van der Waals surface area contributed by atoms with Crippen LogP contribution >= 0.6 is 22.6 Å². The topological polar surface area (TPSA) is 130 Å². The zero-order chi connectivity index (χ0) is 23.5. The SMILES string of the molecule is CCOCCCNC1CC(C(=O)NCCO)=CC(Oc2c(I)cc(CO)cc2OC)C1O. The number of carbonyl (C=O) groups excluding carboxylic acids is 1. The largest absolute Gasteiger partial charge is 0.493 e. The minimum absolute atomic E-state index is 0.137. The molecule has 1 amide bonds. The van der Waals surface area contributed by atoms with E-state index in [-0.39, 0.29) is 25.7 Å². The predicted molar refractivity (Wildman–Crippen MR) is 128 cm³/mol. The number of halogens is 1. The summed E-state index contributed by atoms with van der Waals surface area (Å²) in [5, 5.41) is 35.4. The number of carbonyl (C=O) groups is 1. The number of amides is 1. The van der Waals surface area contributed by atoms with E-state index in [0.29, 0.717) is 52.4 Å². The van der Waals surface area contributed by atoms with Crippen molar-refractivity contribution in [3.8, 4) is 11.5 Å². The highest BCUT2D eigenvalue weighted by molar-refractivity contribution is 14.1. The van der Waals surface area contributed by atoms with Crippen molar-refractivity contribution in [1.29, 1.82) is 0 Å². The first-order valence-corrected chi connectivity index (χ1v) is 11.8. The molecule has 2 rings (SSSR count). The van der Waals surface area contributed by atoms with Crippen LogP contribution < -0.4 is 20.1 Å². The van der Waals surface area contributed by atoms with Crippen LogP contribution in [0, 0.1) is 3.57 Å². The summed E-state index contributed by atoms with van der Waals surface area (Å²) in [4.78, 5) is 12.6. The van der Waals surface area contributed by atoms with E-state index in [9.17, 15) is 15.0 Å². The molecule has 0 aliphatic heterocycles. The summed E-state index contributed by atoms with van der Waals surface area (Å²) in [7, 11) is 1.50. The van der Waals surface area contributed by atoms with E-state index in [4.69, 9.17) is 19.3 Å². The number of nitrogens with one attached hydrogen (secondary N) is 2. The van der Waals surface area contributed by atoms with E-state index < -0.39 is 18.2 Å². The highest BCUT2D eigenvalue weighted by Gasteiger charge is 2.35. The number of methoxy groups -OCH3 is 1. The number of aliphatic hydroxyl groups excluding tert-OH is 3. The van der Waals surface area contributed by atoms with Crippen LogP contribution in [-0.4, -0.2) is 79.5 Å². The maximum absolute atomic E-state index is 12.6. The minimum atomic E-state index is -0.908. The molecule has 0 saturated carbocycles. The summed E-state index contributed by atoms with van der Waals surface area (Å²) in [6, 6.07) is 3.05. The zero-order valence-corrected chi connectivity index (χ0v) is 20.6. The summed E-state index contributed by atoms with van der Waals surface area (Å²) in [6.45, 7) is 3.66. The lowest BCUT2D eigenvalue weighted by Crippen LogP contribution is -2.52. The van der Waals surface area contributed by atoms with E-state index in [1.165, 1.54) is 7.11 Å². The normalized spacial score (nSPS) is 20.6. The van der Waals surface area contributed by atoms with Gasteiger partial charge in [-0.2, -0.15) is 0 Å². The van der Waals surface area contributed by atoms with E-state index in [0.717, 1.165) is 6.42 Å². The molecule has 0 bridgehead atoms. The third-order valence-corrected chi connectivity index (χ3v) is 5.85. The molecule has 0 saturated heterocycles. The maximum atomic E-state index is 12.6. The Morgan fingerprint density at radius 1 is 1.28 bits per heavy atom. The molecule has 0 heterocycles. The third-order valence-electron chi connectivity index (χ3n) is 5.04. The molecule has 32 heavy (non-hydrogen) atoms. The van der Waals surface area contributed by atoms with Crippen LogP contribution in [-0.2, 0) is 16.1 Å². The Bertz CT molecular complexity index is 775. The summed E-state index contributed by atoms with van der Waals surface area (Å²) >= 11 is 2.08. The molecule has 9 nitrogen and oxygen atoms in total. The lowest BCUT2D eigenvalue weighted by molar-refractivity contribution is -0.118. The van der Waals surface area contributed by atoms with Crippen LogP contribution in [0.4, 0.5) is 0 Å². The van der Waals surface area contributed by atoms with E-state index in [1.54, 1.807) is 18.2 Å². The van der Waals surface area contributed by atoms with Gasteiger partial charge in [0, 0.05) is 31.4 Å². The van der Waals surface area contributed by atoms with Gasteiger partial charge in [0.2, 0.25) is 5.91 Å². The van der Waals surface area contributed by atoms with Gasteiger partial charge in [-0.15, -0.1) is 0 Å². The number of aliphatic hydroxyl groups is 3. The van der Waals surface area contributed by atoms with Crippen molar-refractivity contribution in [3.63, 3.8) is 0 Å². The number of hydrogen-bond acceptors (Lipinski definition) is 8. The average molecular weight is 564 g/mol. The molecule has 1 aliphatic carbocycles. The van der Waals surface area contributed by atoms with Gasteiger partial charge in [0.15, 0.2) is 11.5 Å². The molecule has 3 atom stereocenters. The van der Waals surface area contributed by atoms with Gasteiger partial charge in [-0.3, -0.25) is 4.79 Å². The number of rotatable bonds is 13. The molecule has 10 heteroatoms. The van der Waals surface area contributed by atoms with Gasteiger partial charge in [-0.25, -0.2) is 0 Å². The monoisotopic (exact) mass is 564 g/mol. The van der Waals surface area contributed by atoms with Crippen LogP contribution in [0.2, 0.25) is 0 Å². The molecule has 0 aromatic heterocycles. The summed E-state index contributed by atoms with van der Waals surface area (Å²) in [5.41, 5.74) is 1.15. The number of hydrogen-bond donors (Lipinski definition) is 5. The first-order chi connectivity index (χ1) is 15.4. The van der Waals surface area contributed by atoms with Crippen molar-refractivity contribution < 1.29 is 34.3 Å². The minimum Gasteiger partial charge on any atom is -0.493 e. The Labute approximate surface area is 202 Å². The molecule has 0 fully saturated rings. The summed E-state index contributed by atoms with van der Waals surface area (Å²) < 4.78 is 17.6. The molecule has 180 valence electrons. The first kappa shape index (κ1) is 26.8. The predicted octanol–water partition coefficient (Wildman–Crippen LogP) is 0.724. The van der Waals surface area contributed by atoms with Gasteiger partial charge in [0.25, 0.3) is 0 Å². The quantitative estimate of drug-likeness (QED) is 0.175. The summed E-state index contributed by atoms with van der Waals surface area (Å²) in [6.07, 6.45) is 1.00. The van der Waals surface area contributed by atoms with Gasteiger partial charge in [0.05, 0.1) is 23.9 Å². The Kier molecular flexibility index (Phi) is 11.7. The van der Waals surface area contributed by atoms with Gasteiger partial charge in [-0.1, -0.05) is 0 Å². The van der Waals surface area contributed by atoms with Crippen LogP contribution in [0.15, 0.2) is 23.8 Å². The molecule has 1 aromatic carbocycles. The second-order valence-corrected chi connectivity index (χ2v) is 8.49. The van der Waals surface area contributed by atoms with Crippen molar-refractivity contribution in [2.45, 2.75) is 44.6 Å². The van der Waals surface area contributed by atoms with E-state index >= 15 is 0 Å². The second kappa shape index (κ2) is 14.0. The van der Waals surface area contributed by atoms with Gasteiger partial charge >= 0.3 is 0 Å². The number of benzene rings is 1. The zero-order valence-electron chi connectivity index (χ0n) is 18.5. The van der Waals surface area contributed by atoms with Crippen LogP contribution in [0.1, 0.15) is 25.3 Å². The molecule has 0 radical (unpaired) electrons. The standard InChI is InChI=1S/C22H33IN2O7/c1-3-31-8-4-5-24-17-11-15(22(29)25-6-7-26)12-18(20(17)28)32-21-16(23)9-14(13-27)10-19(21)30-2/h9-10,12,17-18,20,24,26-28H,3-8,11,13H2,1-2H3,(H,25,29). The van der Waals surface area contributed by atoms with Crippen molar-refractivity contribution >= 4 is 28.5 Å². The smallest absolute Gasteiger partial charge is 0.247 e. The van der Waals surface area contributed by atoms with Crippen molar-refractivity contribution in [2.24, 2.45) is 0 Å². The van der Waals surface area contributed by atoms with E-state index in [1.807, 2.05) is 6.92 Å². The van der Waals surface area contributed by atoms with Gasteiger partial charge < -0.3 is 40.2 Å². The molecule has 1 aliphatic rings. The lowest BCUT2D eigenvalue weighted by Gasteiger charge is -2.34. The first-order valence-electron chi connectivity index (χ1n) is 10.7. The highest BCUT2D eigenvalue weighted by atomic mass is 127. The van der Waals surface area contributed by atoms with Crippen molar-refractivity contribution in [1.82, 2.24) is 10.6 Å². The van der Waals surface area contributed by atoms with Crippen LogP contribution in [0.5, 0.6) is 11.5 Å². The van der Waals surface area contributed by atoms with Gasteiger partial charge in [0.1, 0.15) is 12.2 Å². The molecule has 5 N–H and O–H groups in total. The van der Waals surface area contributed by atoms with E-state index in [2.05, 4.69) is 33.2 Å². The Balaban J connectivity index is 2.24. The fraction of sp³-hybridized carbons (Fsp3) is 0.591. The molecular weight excluding hydrogens is 531 g/mol. The average Bonchev–Trinajstić information content (AvgIpc) is 2.80. The van der Waals surface area contributed by atoms with Crippen LogP contribution in [0.3, 0.4) is 0 Å². The fourth-order valence-electron chi connectivity index (χ4n) is 3.42. The van der Waals surface area contributed by atoms with Crippen LogP contribution in [0.25, 0.3) is 0 Å². The number of ether oxygens (including phenoxy) is 3. The van der Waals surface area contributed by atoms with Crippen molar-refractivity contribution in [3.05, 3.63) is 32.9 Å². The Hall–Kier alpha value is -1.44. The maximum Gasteiger partial charge on any atom is 0.247 e. The van der Waals surface area contributed by atoms with Crippen molar-refractivity contribution in [2.75, 3.05) is 40.0 Å². The Morgan fingerprint density at radius 2 is 2.06 bits per heavy atom. The fourth-order valence-corrected chi connectivity index (χ4v) is 4.21. The summed E-state index contributed by atoms with van der Waals surface area (Å²) in [5.74, 6) is 0.551. The molecule has 1 aromatic rings.